The van der Waals surface area contributed by atoms with Crippen LogP contribution in [0.5, 0.6) is 0 Å². The zero-order valence-electron chi connectivity index (χ0n) is 25.3. The quantitative estimate of drug-likeness (QED) is 0.0699. The van der Waals surface area contributed by atoms with Crippen LogP contribution in [0.25, 0.3) is 0 Å². The Hall–Kier alpha value is -5.26. The Morgan fingerprint density at radius 3 is 2.17 bits per heavy atom. The second kappa shape index (κ2) is 19.2. The largest absolute Gasteiger partial charge is 0.394 e. The Morgan fingerprint density at radius 2 is 1.52 bits per heavy atom. The van der Waals surface area contributed by atoms with Crippen molar-refractivity contribution < 1.29 is 38.7 Å². The van der Waals surface area contributed by atoms with E-state index in [0.29, 0.717) is 12.0 Å². The number of hydrogen-bond acceptors (Lipinski definition) is 9. The molecule has 1 saturated heterocycles. The zero-order chi connectivity index (χ0) is 34.1. The Kier molecular flexibility index (Phi) is 15.4. The van der Waals surface area contributed by atoms with Crippen molar-refractivity contribution >= 4 is 47.3 Å². The lowest BCUT2D eigenvalue weighted by atomic mass is 10.0. The molecule has 7 amide bonds. The highest BCUT2D eigenvalue weighted by Crippen LogP contribution is 2.08. The highest BCUT2D eigenvalue weighted by Gasteiger charge is 2.31. The first-order chi connectivity index (χ1) is 21.9. The van der Waals surface area contributed by atoms with Gasteiger partial charge in [0.1, 0.15) is 18.1 Å². The number of aliphatic imine (C=N–C) groups is 1. The first kappa shape index (κ1) is 36.9. The normalized spacial score (nSPS) is 21.2. The molecule has 1 aliphatic rings. The molecule has 0 bridgehead atoms. The summed E-state index contributed by atoms with van der Waals surface area (Å²) in [5, 5.41) is 22.1. The van der Waals surface area contributed by atoms with Crippen LogP contribution < -0.4 is 43.8 Å². The average Bonchev–Trinajstić information content (AvgIpc) is 3.01. The van der Waals surface area contributed by atoms with E-state index in [1.54, 1.807) is 30.3 Å². The van der Waals surface area contributed by atoms with E-state index < -0.39 is 79.2 Å². The molecule has 252 valence electrons. The first-order valence-corrected chi connectivity index (χ1v) is 14.6. The van der Waals surface area contributed by atoms with Crippen LogP contribution in [-0.2, 0) is 40.0 Å². The Bertz CT molecular complexity index is 1270. The van der Waals surface area contributed by atoms with Gasteiger partial charge in [-0.25, -0.2) is 0 Å². The monoisotopic (exact) mass is 646 g/mol. The van der Waals surface area contributed by atoms with Crippen LogP contribution in [0.1, 0.15) is 31.2 Å². The number of aliphatic hydroxyl groups excluding tert-OH is 1. The Balaban J connectivity index is 2.36. The lowest BCUT2D eigenvalue weighted by Crippen LogP contribution is -2.58. The highest BCUT2D eigenvalue weighted by atomic mass is 16.3. The summed E-state index contributed by atoms with van der Waals surface area (Å²) < 4.78 is 0. The minimum absolute atomic E-state index is 0.0287. The van der Waals surface area contributed by atoms with Gasteiger partial charge < -0.3 is 53.8 Å². The van der Waals surface area contributed by atoms with Gasteiger partial charge in [-0.2, -0.15) is 0 Å². The lowest BCUT2D eigenvalue weighted by molar-refractivity contribution is -0.140. The third kappa shape index (κ3) is 13.6. The van der Waals surface area contributed by atoms with Crippen LogP contribution in [0.2, 0.25) is 0 Å². The minimum atomic E-state index is -1.49. The van der Waals surface area contributed by atoms with E-state index in [-0.39, 0.29) is 51.3 Å². The molecule has 0 aromatic heterocycles. The number of nitrogens with two attached hydrogens (primary N) is 3. The predicted octanol–water partition coefficient (Wildman–Crippen LogP) is -4.93. The van der Waals surface area contributed by atoms with Crippen molar-refractivity contribution in [3.63, 3.8) is 0 Å². The number of hydrogen-bond donors (Lipinski definition) is 9. The van der Waals surface area contributed by atoms with Gasteiger partial charge in [-0.15, -0.1) is 0 Å². The maximum Gasteiger partial charge on any atom is 0.246 e. The van der Waals surface area contributed by atoms with E-state index in [1.807, 2.05) is 0 Å². The number of aliphatic hydroxyl groups is 1. The molecule has 1 aromatic rings. The molecule has 0 aliphatic carbocycles. The first-order valence-electron chi connectivity index (χ1n) is 14.6. The summed E-state index contributed by atoms with van der Waals surface area (Å²) in [5.74, 6) is -5.33. The number of guanidine groups is 1. The van der Waals surface area contributed by atoms with Crippen molar-refractivity contribution in [2.75, 3.05) is 39.3 Å². The van der Waals surface area contributed by atoms with E-state index in [9.17, 15) is 38.7 Å². The second-order valence-electron chi connectivity index (χ2n) is 10.4. The number of nitrogens with one attached hydrogen (secondary N) is 5. The number of amides is 7. The lowest BCUT2D eigenvalue weighted by Gasteiger charge is -2.29. The van der Waals surface area contributed by atoms with Gasteiger partial charge in [-0.3, -0.25) is 38.6 Å². The molecule has 1 aliphatic heterocycles. The zero-order valence-corrected chi connectivity index (χ0v) is 25.3. The van der Waals surface area contributed by atoms with Crippen molar-refractivity contribution in [1.29, 1.82) is 0 Å². The molecule has 1 fully saturated rings. The molecule has 3 atom stereocenters. The van der Waals surface area contributed by atoms with E-state index in [2.05, 4.69) is 31.6 Å². The molecule has 0 radical (unpaired) electrons. The van der Waals surface area contributed by atoms with Crippen molar-refractivity contribution in [1.82, 2.24) is 31.5 Å². The summed E-state index contributed by atoms with van der Waals surface area (Å²) in [6, 6.07) is 4.82. The molecular weight excluding hydrogens is 604 g/mol. The molecule has 46 heavy (non-hydrogen) atoms. The fourth-order valence-corrected chi connectivity index (χ4v) is 4.41. The number of carbonyl (C=O) groups is 7. The van der Waals surface area contributed by atoms with Crippen LogP contribution in [0.3, 0.4) is 0 Å². The van der Waals surface area contributed by atoms with Gasteiger partial charge in [0.05, 0.1) is 19.7 Å². The van der Waals surface area contributed by atoms with Crippen LogP contribution >= 0.6 is 0 Å². The molecular formula is C28H42N10O8. The maximum atomic E-state index is 13.7. The van der Waals surface area contributed by atoms with E-state index in [4.69, 9.17) is 17.2 Å². The predicted molar refractivity (Wildman–Crippen MR) is 164 cm³/mol. The van der Waals surface area contributed by atoms with Gasteiger partial charge in [0, 0.05) is 38.9 Å². The van der Waals surface area contributed by atoms with Crippen LogP contribution in [0, 0.1) is 0 Å². The number of nitrogens with zero attached hydrogens (tertiary/aromatic N) is 2. The fraction of sp³-hybridized carbons (Fsp3) is 0.500. The van der Waals surface area contributed by atoms with Gasteiger partial charge >= 0.3 is 0 Å². The SMILES string of the molecule is NC(=O)CN1CCNC(=O)[C@H](CCCN=C(N)N)NC(=O)CCC(=O)NCC(=O)N[C@@H](CO)C(=O)N[C@H](Cc2ccccc2)C1=O. The van der Waals surface area contributed by atoms with Crippen LogP contribution in [-0.4, -0.2) is 115 Å². The summed E-state index contributed by atoms with van der Waals surface area (Å²) in [5.41, 5.74) is 16.7. The smallest absolute Gasteiger partial charge is 0.246 e. The molecule has 12 N–H and O–H groups in total. The summed E-state index contributed by atoms with van der Waals surface area (Å²) >= 11 is 0. The maximum absolute atomic E-state index is 13.7. The summed E-state index contributed by atoms with van der Waals surface area (Å²) in [4.78, 5) is 94.0. The molecule has 0 unspecified atom stereocenters. The van der Waals surface area contributed by atoms with Crippen molar-refractivity contribution in [2.24, 2.45) is 22.2 Å². The standard InChI is InChI=1S/C28H42N10O8/c29-21(40)15-38-12-11-32-25(44)18(7-4-10-33-28(30)31)35-23(42)9-8-22(41)34-14-24(43)36-20(16-39)26(45)37-19(27(38)46)13-17-5-2-1-3-6-17/h1-3,5-6,18-20,39H,4,7-16H2,(H2,29,40)(H,32,44)(H,34,41)(H,35,42)(H,36,43)(H,37,45)(H4,30,31,33)/t18-,19+,20-/m0/s1. The summed E-state index contributed by atoms with van der Waals surface area (Å²) in [7, 11) is 0. The summed E-state index contributed by atoms with van der Waals surface area (Å²) in [6.45, 7) is -2.14. The number of benzene rings is 1. The van der Waals surface area contributed by atoms with E-state index >= 15 is 0 Å². The Labute approximate surface area is 265 Å². The van der Waals surface area contributed by atoms with Gasteiger partial charge in [-0.05, 0) is 18.4 Å². The molecule has 1 aromatic carbocycles. The van der Waals surface area contributed by atoms with Gasteiger partial charge in [0.2, 0.25) is 41.4 Å². The van der Waals surface area contributed by atoms with Crippen molar-refractivity contribution in [3.05, 3.63) is 35.9 Å². The molecule has 0 spiro atoms. The molecule has 0 saturated carbocycles. The fourth-order valence-electron chi connectivity index (χ4n) is 4.41. The van der Waals surface area contributed by atoms with Gasteiger partial charge in [0.25, 0.3) is 0 Å². The molecule has 2 rings (SSSR count). The molecule has 1 heterocycles. The summed E-state index contributed by atoms with van der Waals surface area (Å²) in [6.07, 6.45) is -0.206. The molecule has 18 nitrogen and oxygen atoms in total. The molecule has 18 heteroatoms. The van der Waals surface area contributed by atoms with Crippen LogP contribution in [0.15, 0.2) is 35.3 Å². The minimum Gasteiger partial charge on any atom is -0.394 e. The van der Waals surface area contributed by atoms with Crippen molar-refractivity contribution in [2.45, 2.75) is 50.2 Å². The second-order valence-corrected chi connectivity index (χ2v) is 10.4. The van der Waals surface area contributed by atoms with Gasteiger partial charge in [0.15, 0.2) is 5.96 Å². The van der Waals surface area contributed by atoms with E-state index in [0.717, 1.165) is 4.90 Å². The number of rotatable bonds is 9. The van der Waals surface area contributed by atoms with Crippen LogP contribution in [0.4, 0.5) is 0 Å². The van der Waals surface area contributed by atoms with Crippen molar-refractivity contribution in [3.8, 4) is 0 Å². The number of primary amides is 1. The van der Waals surface area contributed by atoms with E-state index in [1.165, 1.54) is 0 Å². The highest BCUT2D eigenvalue weighted by molar-refractivity contribution is 5.95. The number of carbonyl (C=O) groups excluding carboxylic acids is 7. The third-order valence-corrected chi connectivity index (χ3v) is 6.69. The third-order valence-electron chi connectivity index (χ3n) is 6.69. The topological polar surface area (TPSA) is 294 Å². The average molecular weight is 647 g/mol. The van der Waals surface area contributed by atoms with Gasteiger partial charge in [-0.1, -0.05) is 30.3 Å². The Morgan fingerprint density at radius 1 is 0.848 bits per heavy atom.